The molecule has 0 N–H and O–H groups in total. The molecule has 0 saturated carbocycles. The summed E-state index contributed by atoms with van der Waals surface area (Å²) >= 11 is 0. The number of morpholine rings is 1. The highest BCUT2D eigenvalue weighted by Crippen LogP contribution is 2.14. The molecule has 1 unspecified atom stereocenters. The number of amides is 1. The third kappa shape index (κ3) is 5.74. The van der Waals surface area contributed by atoms with Crippen LogP contribution in [0.15, 0.2) is 0 Å². The first kappa shape index (κ1) is 16.7. The first-order chi connectivity index (χ1) is 9.33. The van der Waals surface area contributed by atoms with Gasteiger partial charge in [-0.1, -0.05) is 0 Å². The summed E-state index contributed by atoms with van der Waals surface area (Å²) in [5, 5.41) is 0. The maximum absolute atomic E-state index is 11.8. The fourth-order valence-electron chi connectivity index (χ4n) is 1.66. The van der Waals surface area contributed by atoms with Gasteiger partial charge in [0.1, 0.15) is 6.61 Å². The molecular weight excluding hydrogens is 283 g/mol. The molecule has 1 amide bonds. The Kier molecular flexibility index (Phi) is 6.21. The Balaban J connectivity index is 2.30. The smallest absolute Gasteiger partial charge is 0.411 e. The van der Waals surface area contributed by atoms with Crippen LogP contribution >= 0.6 is 0 Å². The molecule has 0 aliphatic carbocycles. The number of hydrogen-bond donors (Lipinski definition) is 0. The largest absolute Gasteiger partial charge is 0.467 e. The maximum atomic E-state index is 11.8. The average molecular weight is 299 g/mol. The summed E-state index contributed by atoms with van der Waals surface area (Å²) in [5.41, 5.74) is 0. The first-order valence-electron chi connectivity index (χ1n) is 5.95. The lowest BCUT2D eigenvalue weighted by molar-refractivity contribution is -0.176. The minimum atomic E-state index is -4.40. The van der Waals surface area contributed by atoms with E-state index >= 15 is 0 Å². The summed E-state index contributed by atoms with van der Waals surface area (Å²) in [5.74, 6) is -0.972. The molecule has 1 fully saturated rings. The molecule has 0 aromatic carbocycles. The van der Waals surface area contributed by atoms with E-state index in [1.54, 1.807) is 0 Å². The van der Waals surface area contributed by atoms with Crippen LogP contribution in [0.2, 0.25) is 0 Å². The number of esters is 1. The molecule has 0 spiro atoms. The molecule has 6 nitrogen and oxygen atoms in total. The SMILES string of the molecule is COC(=O)C1CN(C(=O)CCOCC(F)(F)F)CCO1. The van der Waals surface area contributed by atoms with Crippen molar-refractivity contribution in [2.24, 2.45) is 0 Å². The summed E-state index contributed by atoms with van der Waals surface area (Å²) in [6.45, 7) is -1.21. The number of halogens is 3. The van der Waals surface area contributed by atoms with Gasteiger partial charge in [0.25, 0.3) is 0 Å². The molecule has 1 rings (SSSR count). The second kappa shape index (κ2) is 7.44. The van der Waals surface area contributed by atoms with Crippen molar-refractivity contribution < 1.29 is 37.0 Å². The van der Waals surface area contributed by atoms with E-state index in [4.69, 9.17) is 4.74 Å². The van der Waals surface area contributed by atoms with Crippen LogP contribution in [-0.4, -0.2) is 69.1 Å². The van der Waals surface area contributed by atoms with E-state index in [0.717, 1.165) is 0 Å². The van der Waals surface area contributed by atoms with Crippen molar-refractivity contribution in [3.05, 3.63) is 0 Å². The van der Waals surface area contributed by atoms with E-state index < -0.39 is 24.9 Å². The van der Waals surface area contributed by atoms with Gasteiger partial charge in [-0.25, -0.2) is 4.79 Å². The zero-order valence-electron chi connectivity index (χ0n) is 10.9. The molecule has 1 saturated heterocycles. The van der Waals surface area contributed by atoms with Gasteiger partial charge in [-0.05, 0) is 0 Å². The molecule has 1 heterocycles. The fourth-order valence-corrected chi connectivity index (χ4v) is 1.66. The van der Waals surface area contributed by atoms with Crippen molar-refractivity contribution >= 4 is 11.9 Å². The van der Waals surface area contributed by atoms with Gasteiger partial charge in [-0.3, -0.25) is 4.79 Å². The molecule has 9 heteroatoms. The van der Waals surface area contributed by atoms with E-state index in [1.165, 1.54) is 12.0 Å². The number of alkyl halides is 3. The van der Waals surface area contributed by atoms with Gasteiger partial charge in [-0.15, -0.1) is 0 Å². The number of nitrogens with zero attached hydrogens (tertiary/aromatic N) is 1. The zero-order valence-corrected chi connectivity index (χ0v) is 10.9. The van der Waals surface area contributed by atoms with Gasteiger partial charge in [0.2, 0.25) is 5.91 Å². The lowest BCUT2D eigenvalue weighted by atomic mass is 10.2. The molecule has 1 atom stereocenters. The van der Waals surface area contributed by atoms with Crippen LogP contribution in [0, 0.1) is 0 Å². The van der Waals surface area contributed by atoms with Gasteiger partial charge in [0.05, 0.1) is 33.3 Å². The summed E-state index contributed by atoms with van der Waals surface area (Å²) in [7, 11) is 1.21. The zero-order chi connectivity index (χ0) is 15.2. The fraction of sp³-hybridized carbons (Fsp3) is 0.818. The van der Waals surface area contributed by atoms with Gasteiger partial charge < -0.3 is 19.1 Å². The van der Waals surface area contributed by atoms with Crippen molar-refractivity contribution in [3.63, 3.8) is 0 Å². The molecule has 0 radical (unpaired) electrons. The summed E-state index contributed by atoms with van der Waals surface area (Å²) < 4.78 is 49.5. The number of carbonyl (C=O) groups excluding carboxylic acids is 2. The predicted molar refractivity (Wildman–Crippen MR) is 59.8 cm³/mol. The number of rotatable bonds is 5. The van der Waals surface area contributed by atoms with Gasteiger partial charge in [0.15, 0.2) is 6.10 Å². The van der Waals surface area contributed by atoms with E-state index in [-0.39, 0.29) is 38.6 Å². The lowest BCUT2D eigenvalue weighted by Crippen LogP contribution is -2.49. The van der Waals surface area contributed by atoms with Crippen LogP contribution in [0.25, 0.3) is 0 Å². The quantitative estimate of drug-likeness (QED) is 0.541. The standard InChI is InChI=1S/C11H16F3NO5/c1-18-10(17)8-6-15(3-5-20-8)9(16)2-4-19-7-11(12,13)14/h8H,2-7H2,1H3. The predicted octanol–water partition coefficient (Wildman–Crippen LogP) is 0.356. The van der Waals surface area contributed by atoms with E-state index in [0.29, 0.717) is 0 Å². The van der Waals surface area contributed by atoms with E-state index in [1.807, 2.05) is 0 Å². The first-order valence-corrected chi connectivity index (χ1v) is 5.95. The third-order valence-corrected chi connectivity index (χ3v) is 2.61. The Hall–Kier alpha value is -1.35. The number of carbonyl (C=O) groups is 2. The lowest BCUT2D eigenvalue weighted by Gasteiger charge is -2.31. The van der Waals surface area contributed by atoms with Crippen molar-refractivity contribution in [1.82, 2.24) is 4.90 Å². The number of ether oxygens (including phenoxy) is 3. The van der Waals surface area contributed by atoms with Crippen LogP contribution in [0.5, 0.6) is 0 Å². The highest BCUT2D eigenvalue weighted by molar-refractivity contribution is 5.79. The summed E-state index contributed by atoms with van der Waals surface area (Å²) in [4.78, 5) is 24.4. The summed E-state index contributed by atoms with van der Waals surface area (Å²) in [6.07, 6.45) is -5.43. The Bertz CT molecular complexity index is 347. The highest BCUT2D eigenvalue weighted by Gasteiger charge is 2.30. The van der Waals surface area contributed by atoms with Gasteiger partial charge in [0, 0.05) is 6.54 Å². The Morgan fingerprint density at radius 1 is 1.40 bits per heavy atom. The normalized spacial score (nSPS) is 19.8. The Morgan fingerprint density at radius 3 is 2.70 bits per heavy atom. The molecule has 1 aliphatic heterocycles. The average Bonchev–Trinajstić information content (AvgIpc) is 2.41. The second-order valence-corrected chi connectivity index (χ2v) is 4.14. The van der Waals surface area contributed by atoms with Crippen LogP contribution < -0.4 is 0 Å². The maximum Gasteiger partial charge on any atom is 0.411 e. The number of methoxy groups -OCH3 is 1. The van der Waals surface area contributed by atoms with Gasteiger partial charge in [-0.2, -0.15) is 13.2 Å². The van der Waals surface area contributed by atoms with Crippen molar-refractivity contribution in [3.8, 4) is 0 Å². The highest BCUT2D eigenvalue weighted by atomic mass is 19.4. The topological polar surface area (TPSA) is 65.1 Å². The van der Waals surface area contributed by atoms with E-state index in [2.05, 4.69) is 9.47 Å². The van der Waals surface area contributed by atoms with E-state index in [9.17, 15) is 22.8 Å². The molecule has 116 valence electrons. The molecule has 0 aromatic heterocycles. The minimum absolute atomic E-state index is 0.0325. The van der Waals surface area contributed by atoms with Crippen LogP contribution in [0.3, 0.4) is 0 Å². The van der Waals surface area contributed by atoms with Crippen molar-refractivity contribution in [2.45, 2.75) is 18.7 Å². The third-order valence-electron chi connectivity index (χ3n) is 2.61. The molecule has 1 aliphatic rings. The Labute approximate surface area is 113 Å². The monoisotopic (exact) mass is 299 g/mol. The second-order valence-electron chi connectivity index (χ2n) is 4.14. The van der Waals surface area contributed by atoms with Crippen molar-refractivity contribution in [1.29, 1.82) is 0 Å². The summed E-state index contributed by atoms with van der Waals surface area (Å²) in [6, 6.07) is 0. The molecular formula is C11H16F3NO5. The minimum Gasteiger partial charge on any atom is -0.467 e. The number of hydrogen-bond acceptors (Lipinski definition) is 5. The van der Waals surface area contributed by atoms with Gasteiger partial charge >= 0.3 is 12.1 Å². The molecule has 20 heavy (non-hydrogen) atoms. The van der Waals surface area contributed by atoms with Crippen LogP contribution in [-0.2, 0) is 23.8 Å². The Morgan fingerprint density at radius 2 is 2.10 bits per heavy atom. The van der Waals surface area contributed by atoms with Crippen LogP contribution in [0.1, 0.15) is 6.42 Å². The molecule has 0 aromatic rings. The molecule has 0 bridgehead atoms. The van der Waals surface area contributed by atoms with Crippen LogP contribution in [0.4, 0.5) is 13.2 Å². The van der Waals surface area contributed by atoms with Crippen molar-refractivity contribution in [2.75, 3.05) is 40.0 Å².